The second-order valence-electron chi connectivity index (χ2n) is 5.25. The van der Waals surface area contributed by atoms with Gasteiger partial charge in [-0.15, -0.1) is 0 Å². The zero-order chi connectivity index (χ0) is 13.1. The Morgan fingerprint density at radius 1 is 1.50 bits per heavy atom. The summed E-state index contributed by atoms with van der Waals surface area (Å²) in [6.07, 6.45) is 1.96. The Hall–Kier alpha value is -1.82. The third kappa shape index (κ3) is 2.38. The van der Waals surface area contributed by atoms with Crippen molar-refractivity contribution in [3.05, 3.63) is 29.3 Å². The van der Waals surface area contributed by atoms with Crippen molar-refractivity contribution in [2.75, 3.05) is 18.0 Å². The van der Waals surface area contributed by atoms with Crippen molar-refractivity contribution >= 4 is 12.0 Å². The normalized spacial score (nSPS) is 19.0. The average molecular weight is 242 g/mol. The summed E-state index contributed by atoms with van der Waals surface area (Å²) in [4.78, 5) is 13.0. The Balaban J connectivity index is 2.25. The molecule has 0 radical (unpaired) electrons. The molecule has 1 aliphatic heterocycles. The summed E-state index contributed by atoms with van der Waals surface area (Å²) in [6.45, 7) is 6.49. The molecular formula is C15H18N2O. The molecule has 0 N–H and O–H groups in total. The number of carbonyl (C=O) groups excluding carboxylic acids is 1. The summed E-state index contributed by atoms with van der Waals surface area (Å²) in [5.74, 6) is 1.37. The van der Waals surface area contributed by atoms with Gasteiger partial charge in [-0.2, -0.15) is 5.26 Å². The zero-order valence-electron chi connectivity index (χ0n) is 10.9. The minimum absolute atomic E-state index is 0.565. The highest BCUT2D eigenvalue weighted by molar-refractivity contribution is 5.78. The molecule has 0 aromatic heterocycles. The molecule has 0 aliphatic carbocycles. The first-order chi connectivity index (χ1) is 8.65. The Labute approximate surface area is 108 Å². The third-order valence-electron chi connectivity index (χ3n) is 3.79. The van der Waals surface area contributed by atoms with Gasteiger partial charge in [0.2, 0.25) is 0 Å². The van der Waals surface area contributed by atoms with Gasteiger partial charge in [0.15, 0.2) is 0 Å². The number of nitrogens with zero attached hydrogens (tertiary/aromatic N) is 2. The lowest BCUT2D eigenvalue weighted by molar-refractivity contribution is 0.112. The number of rotatable bonds is 3. The molecule has 18 heavy (non-hydrogen) atoms. The van der Waals surface area contributed by atoms with Gasteiger partial charge in [0.05, 0.1) is 11.3 Å². The van der Waals surface area contributed by atoms with Crippen LogP contribution in [0.4, 0.5) is 5.69 Å². The fourth-order valence-electron chi connectivity index (χ4n) is 2.54. The molecule has 1 unspecified atom stereocenters. The molecule has 94 valence electrons. The summed E-state index contributed by atoms with van der Waals surface area (Å²) in [5, 5.41) is 9.18. The summed E-state index contributed by atoms with van der Waals surface area (Å²) in [5.41, 5.74) is 2.13. The molecule has 0 bridgehead atoms. The van der Waals surface area contributed by atoms with E-state index in [1.54, 1.807) is 12.1 Å². The largest absolute Gasteiger partial charge is 0.370 e. The van der Waals surface area contributed by atoms with Crippen LogP contribution in [0.1, 0.15) is 36.2 Å². The number of carbonyl (C=O) groups is 1. The topological polar surface area (TPSA) is 44.1 Å². The van der Waals surface area contributed by atoms with Gasteiger partial charge < -0.3 is 4.90 Å². The molecule has 3 nitrogen and oxygen atoms in total. The van der Waals surface area contributed by atoms with Crippen LogP contribution in [0, 0.1) is 23.2 Å². The smallest absolute Gasteiger partial charge is 0.150 e. The number of hydrogen-bond acceptors (Lipinski definition) is 3. The molecule has 1 aromatic carbocycles. The van der Waals surface area contributed by atoms with Crippen LogP contribution in [0.25, 0.3) is 0 Å². The van der Waals surface area contributed by atoms with Crippen molar-refractivity contribution in [2.24, 2.45) is 11.8 Å². The number of aldehydes is 1. The van der Waals surface area contributed by atoms with Gasteiger partial charge >= 0.3 is 0 Å². The van der Waals surface area contributed by atoms with E-state index in [9.17, 15) is 10.1 Å². The molecule has 2 rings (SSSR count). The van der Waals surface area contributed by atoms with Crippen LogP contribution in [0.15, 0.2) is 18.2 Å². The average Bonchev–Trinajstić information content (AvgIpc) is 2.87. The molecule has 1 heterocycles. The van der Waals surface area contributed by atoms with Gasteiger partial charge in [0.1, 0.15) is 12.4 Å². The molecule has 1 aliphatic rings. The Kier molecular flexibility index (Phi) is 3.66. The first-order valence-electron chi connectivity index (χ1n) is 6.40. The van der Waals surface area contributed by atoms with Crippen LogP contribution in [-0.2, 0) is 0 Å². The van der Waals surface area contributed by atoms with E-state index in [-0.39, 0.29) is 0 Å². The number of hydrogen-bond donors (Lipinski definition) is 0. The van der Waals surface area contributed by atoms with Crippen LogP contribution in [0.5, 0.6) is 0 Å². The van der Waals surface area contributed by atoms with Crippen molar-refractivity contribution in [2.45, 2.75) is 20.3 Å². The first-order valence-corrected chi connectivity index (χ1v) is 6.40. The third-order valence-corrected chi connectivity index (χ3v) is 3.79. The lowest BCUT2D eigenvalue weighted by Gasteiger charge is -2.21. The number of anilines is 1. The predicted molar refractivity (Wildman–Crippen MR) is 71.7 cm³/mol. The van der Waals surface area contributed by atoms with E-state index in [0.717, 1.165) is 25.1 Å². The lowest BCUT2D eigenvalue weighted by atomic mass is 9.95. The first kappa shape index (κ1) is 12.6. The molecule has 3 heteroatoms. The van der Waals surface area contributed by atoms with Crippen molar-refractivity contribution in [3.63, 3.8) is 0 Å². The molecular weight excluding hydrogens is 224 g/mol. The standard InChI is InChI=1S/C15H18N2O/c1-11(2)13-5-6-17(9-13)15-4-3-12(10-18)7-14(15)8-16/h3-4,7,10-11,13H,5-6,9H2,1-2H3. The number of benzene rings is 1. The SMILES string of the molecule is CC(C)C1CCN(c2ccc(C=O)cc2C#N)C1. The van der Waals surface area contributed by atoms with E-state index in [1.165, 1.54) is 6.42 Å². The van der Waals surface area contributed by atoms with Crippen molar-refractivity contribution < 1.29 is 4.79 Å². The highest BCUT2D eigenvalue weighted by Crippen LogP contribution is 2.30. The molecule has 1 atom stereocenters. The summed E-state index contributed by atoms with van der Waals surface area (Å²) in [6, 6.07) is 7.54. The monoisotopic (exact) mass is 242 g/mol. The van der Waals surface area contributed by atoms with Crippen molar-refractivity contribution in [1.82, 2.24) is 0 Å². The van der Waals surface area contributed by atoms with E-state index in [1.807, 2.05) is 6.07 Å². The minimum atomic E-state index is 0.565. The minimum Gasteiger partial charge on any atom is -0.370 e. The Morgan fingerprint density at radius 3 is 2.83 bits per heavy atom. The highest BCUT2D eigenvalue weighted by atomic mass is 16.1. The molecule has 1 aromatic rings. The van der Waals surface area contributed by atoms with Gasteiger partial charge in [-0.05, 0) is 36.5 Å². The maximum atomic E-state index is 10.7. The summed E-state index contributed by atoms with van der Waals surface area (Å²) >= 11 is 0. The lowest BCUT2D eigenvalue weighted by Crippen LogP contribution is -2.22. The van der Waals surface area contributed by atoms with E-state index < -0.39 is 0 Å². The second kappa shape index (κ2) is 5.22. The molecule has 0 spiro atoms. The predicted octanol–water partition coefficient (Wildman–Crippen LogP) is 2.85. The van der Waals surface area contributed by atoms with Crippen LogP contribution in [-0.4, -0.2) is 19.4 Å². The summed E-state index contributed by atoms with van der Waals surface area (Å²) < 4.78 is 0. The van der Waals surface area contributed by atoms with Crippen molar-refractivity contribution in [1.29, 1.82) is 5.26 Å². The highest BCUT2D eigenvalue weighted by Gasteiger charge is 2.26. The second-order valence-corrected chi connectivity index (χ2v) is 5.25. The fraction of sp³-hybridized carbons (Fsp3) is 0.467. The van der Waals surface area contributed by atoms with Gasteiger partial charge in [0, 0.05) is 18.7 Å². The van der Waals surface area contributed by atoms with E-state index in [2.05, 4.69) is 24.8 Å². The van der Waals surface area contributed by atoms with Gasteiger partial charge in [-0.25, -0.2) is 0 Å². The maximum Gasteiger partial charge on any atom is 0.150 e. The van der Waals surface area contributed by atoms with Crippen molar-refractivity contribution in [3.8, 4) is 6.07 Å². The van der Waals surface area contributed by atoms with E-state index >= 15 is 0 Å². The Bertz CT molecular complexity index is 488. The van der Waals surface area contributed by atoms with Crippen LogP contribution < -0.4 is 4.90 Å². The van der Waals surface area contributed by atoms with Crippen LogP contribution >= 0.6 is 0 Å². The molecule has 1 fully saturated rings. The van der Waals surface area contributed by atoms with E-state index in [0.29, 0.717) is 23.0 Å². The van der Waals surface area contributed by atoms with Crippen LogP contribution in [0.2, 0.25) is 0 Å². The molecule has 0 saturated carbocycles. The van der Waals surface area contributed by atoms with Gasteiger partial charge in [-0.1, -0.05) is 13.8 Å². The maximum absolute atomic E-state index is 10.7. The molecule has 0 amide bonds. The Morgan fingerprint density at radius 2 is 2.28 bits per heavy atom. The van der Waals surface area contributed by atoms with Gasteiger partial charge in [-0.3, -0.25) is 4.79 Å². The van der Waals surface area contributed by atoms with E-state index in [4.69, 9.17) is 0 Å². The fourth-order valence-corrected chi connectivity index (χ4v) is 2.54. The van der Waals surface area contributed by atoms with Gasteiger partial charge in [0.25, 0.3) is 0 Å². The zero-order valence-corrected chi connectivity index (χ0v) is 10.9. The quantitative estimate of drug-likeness (QED) is 0.765. The number of nitriles is 1. The molecule has 1 saturated heterocycles. The van der Waals surface area contributed by atoms with Crippen LogP contribution in [0.3, 0.4) is 0 Å². The summed E-state index contributed by atoms with van der Waals surface area (Å²) in [7, 11) is 0.